The Kier molecular flexibility index (Phi) is 4.71. The van der Waals surface area contributed by atoms with Crippen LogP contribution in [-0.2, 0) is 10.0 Å². The molecule has 1 N–H and O–H groups in total. The molecule has 4 nitrogen and oxygen atoms in total. The van der Waals surface area contributed by atoms with Gasteiger partial charge in [0, 0.05) is 6.07 Å². The summed E-state index contributed by atoms with van der Waals surface area (Å²) in [5.74, 6) is -1.73. The second kappa shape index (κ2) is 6.76. The van der Waals surface area contributed by atoms with Crippen LogP contribution in [0.15, 0.2) is 47.4 Å². The highest BCUT2D eigenvalue weighted by Crippen LogP contribution is 2.27. The normalized spacial score (nSPS) is 15.4. The first-order chi connectivity index (χ1) is 11.4. The van der Waals surface area contributed by atoms with Gasteiger partial charge in [-0.3, -0.25) is 4.72 Å². The van der Waals surface area contributed by atoms with Crippen LogP contribution in [0.3, 0.4) is 0 Å². The van der Waals surface area contributed by atoms with E-state index in [1.54, 1.807) is 24.3 Å². The molecule has 1 saturated carbocycles. The zero-order valence-corrected chi connectivity index (χ0v) is 13.7. The Morgan fingerprint density at radius 3 is 2.46 bits per heavy atom. The van der Waals surface area contributed by atoms with E-state index in [9.17, 15) is 17.2 Å². The zero-order valence-electron chi connectivity index (χ0n) is 12.8. The summed E-state index contributed by atoms with van der Waals surface area (Å²) in [5.41, 5.74) is 0.301. The van der Waals surface area contributed by atoms with Crippen LogP contribution in [0.5, 0.6) is 5.75 Å². The Hall–Kier alpha value is -2.15. The lowest BCUT2D eigenvalue weighted by molar-refractivity contribution is 0.210. The molecule has 0 bridgehead atoms. The van der Waals surface area contributed by atoms with Crippen LogP contribution in [0, 0.1) is 11.6 Å². The average molecular weight is 353 g/mol. The van der Waals surface area contributed by atoms with Crippen molar-refractivity contribution in [2.45, 2.75) is 36.7 Å². The van der Waals surface area contributed by atoms with Gasteiger partial charge in [-0.15, -0.1) is 0 Å². The molecule has 24 heavy (non-hydrogen) atoms. The molecule has 0 unspecified atom stereocenters. The monoisotopic (exact) mass is 353 g/mol. The van der Waals surface area contributed by atoms with Gasteiger partial charge in [0.15, 0.2) is 11.6 Å². The van der Waals surface area contributed by atoms with Crippen LogP contribution in [0.1, 0.15) is 25.7 Å². The molecule has 0 spiro atoms. The van der Waals surface area contributed by atoms with Gasteiger partial charge >= 0.3 is 0 Å². The second-order valence-corrected chi connectivity index (χ2v) is 7.42. The number of hydrogen-bond donors (Lipinski definition) is 1. The van der Waals surface area contributed by atoms with E-state index in [1.807, 2.05) is 0 Å². The summed E-state index contributed by atoms with van der Waals surface area (Å²) in [4.78, 5) is -0.344. The maximum absolute atomic E-state index is 13.3. The minimum atomic E-state index is -4.01. The lowest BCUT2D eigenvalue weighted by atomic mass is 10.3. The molecule has 1 fully saturated rings. The van der Waals surface area contributed by atoms with Gasteiger partial charge in [0.05, 0.1) is 16.7 Å². The van der Waals surface area contributed by atoms with Crippen molar-refractivity contribution >= 4 is 15.7 Å². The molecule has 1 aliphatic carbocycles. The molecule has 128 valence electrons. The van der Waals surface area contributed by atoms with Gasteiger partial charge in [0.1, 0.15) is 5.75 Å². The van der Waals surface area contributed by atoms with Crippen molar-refractivity contribution in [2.24, 2.45) is 0 Å². The van der Waals surface area contributed by atoms with Crippen LogP contribution in [0.2, 0.25) is 0 Å². The van der Waals surface area contributed by atoms with Gasteiger partial charge in [0.2, 0.25) is 0 Å². The molecule has 0 radical (unpaired) electrons. The topological polar surface area (TPSA) is 55.4 Å². The number of ether oxygens (including phenoxy) is 1. The van der Waals surface area contributed by atoms with Crippen molar-refractivity contribution in [3.05, 3.63) is 54.1 Å². The third-order valence-corrected chi connectivity index (χ3v) is 5.27. The van der Waals surface area contributed by atoms with Gasteiger partial charge in [-0.05, 0) is 56.0 Å². The van der Waals surface area contributed by atoms with E-state index in [0.717, 1.165) is 37.8 Å². The lowest BCUT2D eigenvalue weighted by Gasteiger charge is -2.14. The van der Waals surface area contributed by atoms with Gasteiger partial charge in [-0.25, -0.2) is 17.2 Å². The molecule has 7 heteroatoms. The fourth-order valence-electron chi connectivity index (χ4n) is 2.69. The molecular formula is C17H17F2NO3S. The van der Waals surface area contributed by atoms with Crippen molar-refractivity contribution in [3.8, 4) is 5.75 Å². The highest BCUT2D eigenvalue weighted by Gasteiger charge is 2.19. The van der Waals surface area contributed by atoms with Crippen LogP contribution >= 0.6 is 0 Å². The van der Waals surface area contributed by atoms with Crippen molar-refractivity contribution < 1.29 is 21.9 Å². The third kappa shape index (κ3) is 3.84. The van der Waals surface area contributed by atoms with Gasteiger partial charge in [0.25, 0.3) is 10.0 Å². The van der Waals surface area contributed by atoms with Crippen LogP contribution in [0.25, 0.3) is 0 Å². The van der Waals surface area contributed by atoms with Crippen LogP contribution < -0.4 is 9.46 Å². The summed E-state index contributed by atoms with van der Waals surface area (Å²) in [7, 11) is -4.01. The Labute approximate surface area is 139 Å². The number of anilines is 1. The molecule has 0 aliphatic heterocycles. The molecule has 0 heterocycles. The van der Waals surface area contributed by atoms with Gasteiger partial charge < -0.3 is 4.74 Å². The van der Waals surface area contributed by atoms with E-state index in [4.69, 9.17) is 4.74 Å². The number of hydrogen-bond acceptors (Lipinski definition) is 3. The summed E-state index contributed by atoms with van der Waals surface area (Å²) in [6.07, 6.45) is 4.40. The number of benzene rings is 2. The lowest BCUT2D eigenvalue weighted by Crippen LogP contribution is -2.14. The van der Waals surface area contributed by atoms with Crippen molar-refractivity contribution in [3.63, 3.8) is 0 Å². The number of rotatable bonds is 5. The van der Waals surface area contributed by atoms with Crippen LogP contribution in [0.4, 0.5) is 14.5 Å². The summed E-state index contributed by atoms with van der Waals surface area (Å²) < 4.78 is 58.9. The highest BCUT2D eigenvalue weighted by atomic mass is 32.2. The minimum Gasteiger partial charge on any atom is -0.490 e. The Balaban J connectivity index is 1.77. The van der Waals surface area contributed by atoms with E-state index < -0.39 is 21.7 Å². The van der Waals surface area contributed by atoms with Crippen molar-refractivity contribution in [2.75, 3.05) is 4.72 Å². The summed E-state index contributed by atoms with van der Waals surface area (Å²) in [6, 6.07) is 9.02. The Bertz CT molecular complexity index is 833. The second-order valence-electron chi connectivity index (χ2n) is 5.73. The molecule has 1 aliphatic rings. The van der Waals surface area contributed by atoms with E-state index >= 15 is 0 Å². The molecule has 3 rings (SSSR count). The predicted octanol–water partition coefficient (Wildman–Crippen LogP) is 4.09. The number of halogens is 2. The Morgan fingerprint density at radius 2 is 1.75 bits per heavy atom. The van der Waals surface area contributed by atoms with Crippen molar-refractivity contribution in [1.82, 2.24) is 0 Å². The van der Waals surface area contributed by atoms with E-state index in [1.165, 1.54) is 0 Å². The standard InChI is InChI=1S/C17H17F2NO3S/c18-16-9-8-15(11-17(16)19)24(21,22)20-12-4-3-7-14(10-12)23-13-5-1-2-6-13/h3-4,7-11,13,20H,1-2,5-6H2. The molecule has 0 atom stereocenters. The quantitative estimate of drug-likeness (QED) is 0.881. The van der Waals surface area contributed by atoms with Gasteiger partial charge in [-0.1, -0.05) is 6.07 Å². The first-order valence-electron chi connectivity index (χ1n) is 7.69. The largest absolute Gasteiger partial charge is 0.490 e. The zero-order chi connectivity index (χ0) is 17.2. The summed E-state index contributed by atoms with van der Waals surface area (Å²) in [5, 5.41) is 0. The average Bonchev–Trinajstić information content (AvgIpc) is 3.03. The third-order valence-electron chi connectivity index (χ3n) is 3.89. The maximum Gasteiger partial charge on any atom is 0.262 e. The van der Waals surface area contributed by atoms with Crippen LogP contribution in [-0.4, -0.2) is 14.5 Å². The molecule has 2 aromatic rings. The maximum atomic E-state index is 13.3. The predicted molar refractivity (Wildman–Crippen MR) is 86.5 cm³/mol. The SMILES string of the molecule is O=S(=O)(Nc1cccc(OC2CCCC2)c1)c1ccc(F)c(F)c1. The molecular weight excluding hydrogens is 336 g/mol. The first-order valence-corrected chi connectivity index (χ1v) is 9.17. The first kappa shape index (κ1) is 16.7. The molecule has 0 amide bonds. The summed E-state index contributed by atoms with van der Waals surface area (Å²) in [6.45, 7) is 0. The molecule has 0 aromatic heterocycles. The van der Waals surface area contributed by atoms with E-state index in [0.29, 0.717) is 17.5 Å². The van der Waals surface area contributed by atoms with Crippen molar-refractivity contribution in [1.29, 1.82) is 0 Å². The van der Waals surface area contributed by atoms with E-state index in [2.05, 4.69) is 4.72 Å². The minimum absolute atomic E-state index is 0.156. The highest BCUT2D eigenvalue weighted by molar-refractivity contribution is 7.92. The number of nitrogens with one attached hydrogen (secondary N) is 1. The fourth-order valence-corrected chi connectivity index (χ4v) is 3.75. The smallest absolute Gasteiger partial charge is 0.262 e. The number of sulfonamides is 1. The molecule has 2 aromatic carbocycles. The van der Waals surface area contributed by atoms with E-state index in [-0.39, 0.29) is 11.0 Å². The summed E-state index contributed by atoms with van der Waals surface area (Å²) >= 11 is 0. The molecule has 0 saturated heterocycles. The fraction of sp³-hybridized carbons (Fsp3) is 0.294. The Morgan fingerprint density at radius 1 is 1.00 bits per heavy atom. The van der Waals surface area contributed by atoms with Gasteiger partial charge in [-0.2, -0.15) is 0 Å².